The molecule has 0 amide bonds. The number of hydrogen-bond donors (Lipinski definition) is 2. The summed E-state index contributed by atoms with van der Waals surface area (Å²) in [6.45, 7) is 8.06. The molecule has 6 nitrogen and oxygen atoms in total. The Morgan fingerprint density at radius 3 is 2.41 bits per heavy atom. The number of nitrogens with zero attached hydrogens (tertiary/aromatic N) is 4. The average Bonchev–Trinajstić information content (AvgIpc) is 3.08. The Labute approximate surface area is 180 Å². The minimum absolute atomic E-state index is 0. The molecule has 1 aromatic heterocycles. The maximum atomic E-state index is 4.35. The highest BCUT2D eigenvalue weighted by Gasteiger charge is 2.17. The molecule has 1 heterocycles. The Hall–Kier alpha value is -1.61. The fourth-order valence-corrected chi connectivity index (χ4v) is 3.14. The molecule has 150 valence electrons. The van der Waals surface area contributed by atoms with Crippen molar-refractivity contribution in [1.29, 1.82) is 0 Å². The SMILES string of the molecule is CCN(CC)C(CNC(=NC)NCc1ccnn1C)Cc1ccccc1.I. The summed E-state index contributed by atoms with van der Waals surface area (Å²) in [6, 6.07) is 13.1. The minimum Gasteiger partial charge on any atom is -0.355 e. The Kier molecular flexibility index (Phi) is 11.0. The van der Waals surface area contributed by atoms with Gasteiger partial charge in [-0.2, -0.15) is 5.10 Å². The monoisotopic (exact) mass is 484 g/mol. The van der Waals surface area contributed by atoms with Gasteiger partial charge in [-0.25, -0.2) is 0 Å². The summed E-state index contributed by atoms with van der Waals surface area (Å²) >= 11 is 0. The summed E-state index contributed by atoms with van der Waals surface area (Å²) in [6.07, 6.45) is 2.83. The van der Waals surface area contributed by atoms with Crippen molar-refractivity contribution in [2.45, 2.75) is 32.9 Å². The summed E-state index contributed by atoms with van der Waals surface area (Å²) in [5, 5.41) is 11.1. The van der Waals surface area contributed by atoms with Gasteiger partial charge in [-0.15, -0.1) is 24.0 Å². The Balaban J connectivity index is 0.00000364. The molecule has 0 fully saturated rings. The molecule has 7 heteroatoms. The zero-order valence-corrected chi connectivity index (χ0v) is 19.2. The molecule has 0 aliphatic rings. The second kappa shape index (κ2) is 12.7. The number of rotatable bonds is 9. The van der Waals surface area contributed by atoms with Crippen molar-refractivity contribution in [1.82, 2.24) is 25.3 Å². The van der Waals surface area contributed by atoms with E-state index in [2.05, 4.69) is 69.8 Å². The van der Waals surface area contributed by atoms with E-state index in [1.165, 1.54) is 5.56 Å². The van der Waals surface area contributed by atoms with Crippen LogP contribution in [0.4, 0.5) is 0 Å². The number of aromatic nitrogens is 2. The van der Waals surface area contributed by atoms with Crippen LogP contribution in [-0.2, 0) is 20.0 Å². The van der Waals surface area contributed by atoms with Crippen LogP contribution in [0.2, 0.25) is 0 Å². The minimum atomic E-state index is 0. The Morgan fingerprint density at radius 1 is 1.15 bits per heavy atom. The molecule has 1 unspecified atom stereocenters. The highest BCUT2D eigenvalue weighted by atomic mass is 127. The molecule has 0 aliphatic heterocycles. The molecule has 0 aliphatic carbocycles. The van der Waals surface area contributed by atoms with Crippen molar-refractivity contribution < 1.29 is 0 Å². The third-order valence-corrected chi connectivity index (χ3v) is 4.73. The molecule has 0 saturated heterocycles. The molecule has 1 atom stereocenters. The van der Waals surface area contributed by atoms with Gasteiger partial charge in [0.15, 0.2) is 5.96 Å². The molecule has 1 aromatic carbocycles. The number of guanidine groups is 1. The highest BCUT2D eigenvalue weighted by Crippen LogP contribution is 2.08. The summed E-state index contributed by atoms with van der Waals surface area (Å²) in [5.41, 5.74) is 2.49. The molecular weight excluding hydrogens is 451 g/mol. The van der Waals surface area contributed by atoms with Crippen molar-refractivity contribution in [2.75, 3.05) is 26.7 Å². The lowest BCUT2D eigenvalue weighted by atomic mass is 10.0. The Morgan fingerprint density at radius 2 is 1.85 bits per heavy atom. The molecular formula is C20H33IN6. The van der Waals surface area contributed by atoms with E-state index in [0.717, 1.165) is 37.7 Å². The number of hydrogen-bond acceptors (Lipinski definition) is 3. The molecule has 27 heavy (non-hydrogen) atoms. The van der Waals surface area contributed by atoms with Gasteiger partial charge in [0.25, 0.3) is 0 Å². The number of aryl methyl sites for hydroxylation is 1. The average molecular weight is 484 g/mol. The van der Waals surface area contributed by atoms with Gasteiger partial charge in [0, 0.05) is 32.9 Å². The first-order chi connectivity index (χ1) is 12.7. The fraction of sp³-hybridized carbons (Fsp3) is 0.500. The molecule has 0 spiro atoms. The number of likely N-dealkylation sites (N-methyl/N-ethyl adjacent to an activating group) is 1. The number of benzene rings is 1. The maximum Gasteiger partial charge on any atom is 0.191 e. The lowest BCUT2D eigenvalue weighted by molar-refractivity contribution is 0.215. The number of halogens is 1. The van der Waals surface area contributed by atoms with Crippen LogP contribution in [0.1, 0.15) is 25.1 Å². The smallest absolute Gasteiger partial charge is 0.191 e. The van der Waals surface area contributed by atoms with Crippen LogP contribution in [0.5, 0.6) is 0 Å². The van der Waals surface area contributed by atoms with Crippen molar-refractivity contribution in [3.05, 3.63) is 53.9 Å². The zero-order chi connectivity index (χ0) is 18.8. The van der Waals surface area contributed by atoms with E-state index in [1.807, 2.05) is 31.0 Å². The first kappa shape index (κ1) is 23.4. The van der Waals surface area contributed by atoms with Crippen molar-refractivity contribution >= 4 is 29.9 Å². The molecule has 0 saturated carbocycles. The van der Waals surface area contributed by atoms with Crippen LogP contribution in [0.25, 0.3) is 0 Å². The van der Waals surface area contributed by atoms with Crippen LogP contribution in [0, 0.1) is 0 Å². The molecule has 0 bridgehead atoms. The summed E-state index contributed by atoms with van der Waals surface area (Å²) in [5.74, 6) is 0.816. The zero-order valence-electron chi connectivity index (χ0n) is 16.9. The van der Waals surface area contributed by atoms with E-state index in [9.17, 15) is 0 Å². The molecule has 2 aromatic rings. The van der Waals surface area contributed by atoms with E-state index in [0.29, 0.717) is 12.6 Å². The molecule has 2 N–H and O–H groups in total. The van der Waals surface area contributed by atoms with Gasteiger partial charge < -0.3 is 10.6 Å². The third-order valence-electron chi connectivity index (χ3n) is 4.73. The van der Waals surface area contributed by atoms with E-state index < -0.39 is 0 Å². The van der Waals surface area contributed by atoms with Crippen molar-refractivity contribution in [3.8, 4) is 0 Å². The summed E-state index contributed by atoms with van der Waals surface area (Å²) in [7, 11) is 3.76. The molecule has 0 radical (unpaired) electrons. The lowest BCUT2D eigenvalue weighted by Gasteiger charge is -2.30. The van der Waals surface area contributed by atoms with Gasteiger partial charge in [0.2, 0.25) is 0 Å². The van der Waals surface area contributed by atoms with Crippen LogP contribution in [0.15, 0.2) is 47.6 Å². The van der Waals surface area contributed by atoms with Crippen molar-refractivity contribution in [3.63, 3.8) is 0 Å². The second-order valence-electron chi connectivity index (χ2n) is 6.32. The normalized spacial score (nSPS) is 12.6. The third kappa shape index (κ3) is 7.50. The lowest BCUT2D eigenvalue weighted by Crippen LogP contribution is -2.48. The standard InChI is InChI=1S/C20H32N6.HI/c1-5-26(6-2)19(14-17-10-8-7-9-11-17)16-23-20(21-3)22-15-18-12-13-24-25(18)4;/h7-13,19H,5-6,14-16H2,1-4H3,(H2,21,22,23);1H. The van der Waals surface area contributed by atoms with Crippen LogP contribution >= 0.6 is 24.0 Å². The predicted molar refractivity (Wildman–Crippen MR) is 124 cm³/mol. The van der Waals surface area contributed by atoms with Crippen LogP contribution in [-0.4, -0.2) is 53.4 Å². The van der Waals surface area contributed by atoms with Crippen LogP contribution in [0.3, 0.4) is 0 Å². The molecule has 2 rings (SSSR count). The van der Waals surface area contributed by atoms with E-state index in [4.69, 9.17) is 0 Å². The maximum absolute atomic E-state index is 4.35. The van der Waals surface area contributed by atoms with E-state index >= 15 is 0 Å². The summed E-state index contributed by atoms with van der Waals surface area (Å²) in [4.78, 5) is 6.85. The van der Waals surface area contributed by atoms with Gasteiger partial charge in [-0.3, -0.25) is 14.6 Å². The van der Waals surface area contributed by atoms with Crippen LogP contribution < -0.4 is 10.6 Å². The largest absolute Gasteiger partial charge is 0.355 e. The topological polar surface area (TPSA) is 57.5 Å². The Bertz CT molecular complexity index is 666. The predicted octanol–water partition coefficient (Wildman–Crippen LogP) is 2.66. The van der Waals surface area contributed by atoms with Gasteiger partial charge in [-0.1, -0.05) is 44.2 Å². The highest BCUT2D eigenvalue weighted by molar-refractivity contribution is 14.0. The fourth-order valence-electron chi connectivity index (χ4n) is 3.14. The van der Waals surface area contributed by atoms with Gasteiger partial charge >= 0.3 is 0 Å². The first-order valence-corrected chi connectivity index (χ1v) is 9.37. The van der Waals surface area contributed by atoms with Gasteiger partial charge in [-0.05, 0) is 31.1 Å². The van der Waals surface area contributed by atoms with Gasteiger partial charge in [0.1, 0.15) is 0 Å². The summed E-state index contributed by atoms with van der Waals surface area (Å²) < 4.78 is 1.87. The first-order valence-electron chi connectivity index (χ1n) is 9.37. The quantitative estimate of drug-likeness (QED) is 0.327. The van der Waals surface area contributed by atoms with E-state index in [1.54, 1.807) is 0 Å². The number of nitrogens with one attached hydrogen (secondary N) is 2. The van der Waals surface area contributed by atoms with Gasteiger partial charge in [0.05, 0.1) is 12.2 Å². The van der Waals surface area contributed by atoms with E-state index in [-0.39, 0.29) is 24.0 Å². The second-order valence-corrected chi connectivity index (χ2v) is 6.32. The number of aliphatic imine (C=N–C) groups is 1. The van der Waals surface area contributed by atoms with Crippen molar-refractivity contribution in [2.24, 2.45) is 12.0 Å².